The van der Waals surface area contributed by atoms with Crippen LogP contribution in [0.5, 0.6) is 0 Å². The minimum absolute atomic E-state index is 0.0628. The van der Waals surface area contributed by atoms with Gasteiger partial charge in [0.25, 0.3) is 5.91 Å². The van der Waals surface area contributed by atoms with Crippen LogP contribution in [0.15, 0.2) is 52.9 Å². The maximum Gasteiger partial charge on any atom is 0.287 e. The van der Waals surface area contributed by atoms with Crippen LogP contribution in [0.4, 0.5) is 0 Å². The van der Waals surface area contributed by atoms with Crippen LogP contribution in [0, 0.1) is 0 Å². The Labute approximate surface area is 151 Å². The molecule has 25 heavy (non-hydrogen) atoms. The van der Waals surface area contributed by atoms with Crippen LogP contribution in [0.2, 0.25) is 0 Å². The lowest BCUT2D eigenvalue weighted by Crippen LogP contribution is -2.31. The van der Waals surface area contributed by atoms with E-state index >= 15 is 0 Å². The first-order valence-electron chi connectivity index (χ1n) is 8.66. The van der Waals surface area contributed by atoms with Gasteiger partial charge in [-0.3, -0.25) is 4.79 Å². The van der Waals surface area contributed by atoms with Crippen LogP contribution in [-0.2, 0) is 12.2 Å². The van der Waals surface area contributed by atoms with Gasteiger partial charge in [0.2, 0.25) is 0 Å². The van der Waals surface area contributed by atoms with Gasteiger partial charge in [0, 0.05) is 16.7 Å². The average molecular weight is 351 g/mol. The predicted molar refractivity (Wildman–Crippen MR) is 103 cm³/mol. The van der Waals surface area contributed by atoms with Gasteiger partial charge in [0.15, 0.2) is 5.76 Å². The molecule has 4 heteroatoms. The molecule has 0 aliphatic heterocycles. The predicted octanol–water partition coefficient (Wildman–Crippen LogP) is 5.10. The Morgan fingerprint density at radius 2 is 2.00 bits per heavy atom. The monoisotopic (exact) mass is 351 g/mol. The molecule has 0 fully saturated rings. The molecular weight excluding hydrogens is 330 g/mol. The second-order valence-electron chi connectivity index (χ2n) is 6.46. The first-order chi connectivity index (χ1) is 12.3. The molecule has 1 aliphatic rings. The molecule has 1 atom stereocenters. The van der Waals surface area contributed by atoms with E-state index in [1.54, 1.807) is 11.8 Å². The molecule has 1 N–H and O–H groups in total. The van der Waals surface area contributed by atoms with E-state index in [0.29, 0.717) is 5.76 Å². The van der Waals surface area contributed by atoms with Crippen LogP contribution >= 0.6 is 11.8 Å². The summed E-state index contributed by atoms with van der Waals surface area (Å²) in [6.45, 7) is 0. The van der Waals surface area contributed by atoms with E-state index in [4.69, 9.17) is 4.42 Å². The van der Waals surface area contributed by atoms with Gasteiger partial charge in [0.1, 0.15) is 5.58 Å². The minimum atomic E-state index is -0.109. The number of thioether (sulfide) groups is 1. The third-order valence-corrected chi connectivity index (χ3v) is 5.45. The highest BCUT2D eigenvalue weighted by molar-refractivity contribution is 7.97. The summed E-state index contributed by atoms with van der Waals surface area (Å²) in [5, 5.41) is 4.24. The first kappa shape index (κ1) is 16.3. The van der Waals surface area contributed by atoms with Crippen LogP contribution in [-0.4, -0.2) is 12.2 Å². The van der Waals surface area contributed by atoms with Gasteiger partial charge in [-0.15, -0.1) is 0 Å². The van der Waals surface area contributed by atoms with Crippen molar-refractivity contribution in [2.24, 2.45) is 0 Å². The van der Waals surface area contributed by atoms with Crippen LogP contribution in [0.25, 0.3) is 11.0 Å². The highest BCUT2D eigenvalue weighted by atomic mass is 32.2. The van der Waals surface area contributed by atoms with Gasteiger partial charge in [0.05, 0.1) is 6.04 Å². The number of amides is 1. The molecule has 3 nitrogen and oxygen atoms in total. The number of para-hydroxylation sites is 1. The summed E-state index contributed by atoms with van der Waals surface area (Å²) in [6.07, 6.45) is 5.20. The number of hydrogen-bond donors (Lipinski definition) is 1. The molecule has 0 saturated carbocycles. The number of benzene rings is 2. The lowest BCUT2D eigenvalue weighted by molar-refractivity contribution is 0.0906. The zero-order valence-electron chi connectivity index (χ0n) is 14.2. The zero-order valence-corrected chi connectivity index (χ0v) is 15.1. The van der Waals surface area contributed by atoms with Crippen molar-refractivity contribution in [3.63, 3.8) is 0 Å². The fourth-order valence-corrected chi connectivity index (χ4v) is 4.27. The highest BCUT2D eigenvalue weighted by Crippen LogP contribution is 2.32. The van der Waals surface area contributed by atoms with Crippen molar-refractivity contribution in [2.45, 2.75) is 31.1 Å². The highest BCUT2D eigenvalue weighted by Gasteiger charge is 2.25. The number of carbonyl (C=O) groups is 1. The molecule has 0 saturated heterocycles. The molecule has 1 amide bonds. The summed E-state index contributed by atoms with van der Waals surface area (Å²) in [5.41, 5.74) is 4.35. The number of rotatable bonds is 4. The molecule has 0 spiro atoms. The van der Waals surface area contributed by atoms with E-state index < -0.39 is 0 Å². The molecule has 0 unspecified atom stereocenters. The van der Waals surface area contributed by atoms with Crippen molar-refractivity contribution in [3.05, 3.63) is 71.0 Å². The standard InChI is InChI=1S/C21H21NO2S/c1-25-13-17-16-10-4-5-12-19(16)24-20(17)21(23)22-18-11-6-8-14-7-2-3-9-15(14)18/h2-5,7,9-10,12,18H,6,8,11,13H2,1H3,(H,22,23)/t18-/m1/s1. The summed E-state index contributed by atoms with van der Waals surface area (Å²) < 4.78 is 5.92. The average Bonchev–Trinajstić information content (AvgIpc) is 3.01. The van der Waals surface area contributed by atoms with Gasteiger partial charge in [-0.2, -0.15) is 11.8 Å². The molecule has 1 heterocycles. The molecule has 4 rings (SSSR count). The molecule has 3 aromatic rings. The molecule has 1 aromatic heterocycles. The fraction of sp³-hybridized carbons (Fsp3) is 0.286. The minimum Gasteiger partial charge on any atom is -0.451 e. The molecular formula is C21H21NO2S. The lowest BCUT2D eigenvalue weighted by atomic mass is 9.87. The van der Waals surface area contributed by atoms with Gasteiger partial charge < -0.3 is 9.73 Å². The normalized spacial score (nSPS) is 16.6. The molecule has 0 radical (unpaired) electrons. The van der Waals surface area contributed by atoms with Crippen molar-refractivity contribution in [1.29, 1.82) is 0 Å². The molecule has 128 valence electrons. The topological polar surface area (TPSA) is 42.2 Å². The van der Waals surface area contributed by atoms with Crippen LogP contribution in [0.1, 0.15) is 46.1 Å². The van der Waals surface area contributed by atoms with Crippen LogP contribution in [0.3, 0.4) is 0 Å². The van der Waals surface area contributed by atoms with Crippen molar-refractivity contribution < 1.29 is 9.21 Å². The quantitative estimate of drug-likeness (QED) is 0.711. The fourth-order valence-electron chi connectivity index (χ4n) is 3.70. The third-order valence-electron chi connectivity index (χ3n) is 4.87. The Bertz CT molecular complexity index is 915. The largest absolute Gasteiger partial charge is 0.451 e. The lowest BCUT2D eigenvalue weighted by Gasteiger charge is -2.26. The maximum atomic E-state index is 13.0. The Morgan fingerprint density at radius 1 is 1.20 bits per heavy atom. The summed E-state index contributed by atoms with van der Waals surface area (Å²) in [6, 6.07) is 16.3. The summed E-state index contributed by atoms with van der Waals surface area (Å²) in [7, 11) is 0. The van der Waals surface area contributed by atoms with E-state index in [1.807, 2.05) is 36.6 Å². The second-order valence-corrected chi connectivity index (χ2v) is 7.32. The van der Waals surface area contributed by atoms with Gasteiger partial charge in [-0.05, 0) is 42.7 Å². The smallest absolute Gasteiger partial charge is 0.287 e. The summed E-state index contributed by atoms with van der Waals surface area (Å²) in [4.78, 5) is 13.0. The first-order valence-corrected chi connectivity index (χ1v) is 10.1. The van der Waals surface area contributed by atoms with Gasteiger partial charge in [-0.25, -0.2) is 0 Å². The molecule has 2 aromatic carbocycles. The number of furan rings is 1. The number of aryl methyl sites for hydroxylation is 1. The summed E-state index contributed by atoms with van der Waals surface area (Å²) >= 11 is 1.70. The Morgan fingerprint density at radius 3 is 2.88 bits per heavy atom. The Hall–Kier alpha value is -2.20. The third kappa shape index (κ3) is 3.07. The maximum absolute atomic E-state index is 13.0. The Kier molecular flexibility index (Phi) is 4.53. The van der Waals surface area contributed by atoms with Crippen molar-refractivity contribution in [2.75, 3.05) is 6.26 Å². The molecule has 1 aliphatic carbocycles. The van der Waals surface area contributed by atoms with E-state index in [9.17, 15) is 4.79 Å². The van der Waals surface area contributed by atoms with Crippen molar-refractivity contribution >= 4 is 28.6 Å². The second kappa shape index (κ2) is 6.96. The number of nitrogens with one attached hydrogen (secondary N) is 1. The van der Waals surface area contributed by atoms with E-state index in [2.05, 4.69) is 23.5 Å². The van der Waals surface area contributed by atoms with Crippen LogP contribution < -0.4 is 5.32 Å². The molecule has 0 bridgehead atoms. The zero-order chi connectivity index (χ0) is 17.2. The summed E-state index contributed by atoms with van der Waals surface area (Å²) in [5.74, 6) is 1.11. The number of fused-ring (bicyclic) bond motifs is 2. The SMILES string of the molecule is CSCc1c(C(=O)N[C@@H]2CCCc3ccccc32)oc2ccccc12. The van der Waals surface area contributed by atoms with Crippen molar-refractivity contribution in [1.82, 2.24) is 5.32 Å². The number of hydrogen-bond acceptors (Lipinski definition) is 3. The van der Waals surface area contributed by atoms with E-state index in [-0.39, 0.29) is 11.9 Å². The van der Waals surface area contributed by atoms with Gasteiger partial charge in [-0.1, -0.05) is 42.5 Å². The number of carbonyl (C=O) groups excluding carboxylic acids is 1. The Balaban J connectivity index is 1.66. The van der Waals surface area contributed by atoms with E-state index in [1.165, 1.54) is 11.1 Å². The van der Waals surface area contributed by atoms with Crippen molar-refractivity contribution in [3.8, 4) is 0 Å². The van der Waals surface area contributed by atoms with E-state index in [0.717, 1.165) is 41.5 Å². The van der Waals surface area contributed by atoms with Gasteiger partial charge >= 0.3 is 0 Å².